The zero-order valence-corrected chi connectivity index (χ0v) is 7.99. The van der Waals surface area contributed by atoms with Crippen LogP contribution in [-0.2, 0) is 0 Å². The second kappa shape index (κ2) is 4.69. The number of aliphatic hydroxyl groups excluding tert-OH is 1. The molecule has 68 valence electrons. The van der Waals surface area contributed by atoms with E-state index in [1.54, 1.807) is 6.92 Å². The Labute approximate surface area is 79.4 Å². The van der Waals surface area contributed by atoms with Gasteiger partial charge in [0, 0.05) is 5.92 Å². The highest BCUT2D eigenvalue weighted by Gasteiger charge is 2.12. The largest absolute Gasteiger partial charge is 0.380 e. The topological polar surface area (TPSA) is 20.2 Å². The summed E-state index contributed by atoms with van der Waals surface area (Å²) < 4.78 is 0. The maximum absolute atomic E-state index is 9.60. The fraction of sp³-hybridized carbons (Fsp3) is 0.333. The van der Waals surface area contributed by atoms with Crippen molar-refractivity contribution in [2.24, 2.45) is 0 Å². The molecule has 0 spiro atoms. The lowest BCUT2D eigenvalue weighted by atomic mass is 9.96. The van der Waals surface area contributed by atoms with Gasteiger partial charge in [0.15, 0.2) is 0 Å². The lowest BCUT2D eigenvalue weighted by molar-refractivity contribution is 0.206. The maximum Gasteiger partial charge on any atom is 0.121 e. The maximum atomic E-state index is 9.60. The summed E-state index contributed by atoms with van der Waals surface area (Å²) in [5.74, 6) is 5.54. The fourth-order valence-electron chi connectivity index (χ4n) is 1.21. The van der Waals surface area contributed by atoms with E-state index < -0.39 is 6.10 Å². The van der Waals surface area contributed by atoms with Crippen LogP contribution in [0.1, 0.15) is 25.3 Å². The number of rotatable bonds is 2. The van der Waals surface area contributed by atoms with E-state index in [-0.39, 0.29) is 5.92 Å². The highest BCUT2D eigenvalue weighted by Crippen LogP contribution is 2.17. The first-order valence-corrected chi connectivity index (χ1v) is 4.41. The molecule has 1 aromatic carbocycles. The van der Waals surface area contributed by atoms with Gasteiger partial charge in [-0.2, -0.15) is 0 Å². The molecule has 0 fully saturated rings. The quantitative estimate of drug-likeness (QED) is 0.681. The first kappa shape index (κ1) is 9.83. The van der Waals surface area contributed by atoms with Crippen molar-refractivity contribution in [3.05, 3.63) is 35.9 Å². The zero-order valence-electron chi connectivity index (χ0n) is 7.99. The summed E-state index contributed by atoms with van der Waals surface area (Å²) in [6.07, 6.45) is -0.563. The van der Waals surface area contributed by atoms with E-state index in [9.17, 15) is 5.11 Å². The van der Waals surface area contributed by atoms with Gasteiger partial charge in [-0.05, 0) is 12.5 Å². The molecule has 0 amide bonds. The molecule has 13 heavy (non-hydrogen) atoms. The van der Waals surface area contributed by atoms with Crippen molar-refractivity contribution in [1.82, 2.24) is 0 Å². The molecule has 1 heteroatoms. The molecule has 0 heterocycles. The average Bonchev–Trinajstić information content (AvgIpc) is 2.18. The van der Waals surface area contributed by atoms with Crippen LogP contribution >= 0.6 is 0 Å². The standard InChI is InChI=1S/C12H14O/c1-3-7-12(13)10(2)11-8-5-4-6-9-11/h4-6,8-10,12-13H,1-2H3/t10-,12+/m1/s1. The molecule has 0 bridgehead atoms. The van der Waals surface area contributed by atoms with Crippen LogP contribution in [0.2, 0.25) is 0 Å². The molecule has 1 nitrogen and oxygen atoms in total. The third kappa shape index (κ3) is 2.61. The van der Waals surface area contributed by atoms with Crippen LogP contribution in [0, 0.1) is 11.8 Å². The van der Waals surface area contributed by atoms with Crippen molar-refractivity contribution in [2.75, 3.05) is 0 Å². The summed E-state index contributed by atoms with van der Waals surface area (Å²) >= 11 is 0. The minimum absolute atomic E-state index is 0.0775. The number of aliphatic hydroxyl groups is 1. The van der Waals surface area contributed by atoms with Gasteiger partial charge in [0.05, 0.1) is 0 Å². The monoisotopic (exact) mass is 174 g/mol. The van der Waals surface area contributed by atoms with Crippen molar-refractivity contribution >= 4 is 0 Å². The normalized spacial score (nSPS) is 14.1. The zero-order chi connectivity index (χ0) is 9.68. The molecule has 1 N–H and O–H groups in total. The van der Waals surface area contributed by atoms with Gasteiger partial charge in [-0.3, -0.25) is 0 Å². The lowest BCUT2D eigenvalue weighted by Crippen LogP contribution is -2.13. The Morgan fingerprint density at radius 1 is 1.23 bits per heavy atom. The van der Waals surface area contributed by atoms with E-state index in [1.165, 1.54) is 0 Å². The third-order valence-corrected chi connectivity index (χ3v) is 2.09. The molecule has 0 saturated carbocycles. The molecule has 2 atom stereocenters. The number of hydrogen-bond donors (Lipinski definition) is 1. The van der Waals surface area contributed by atoms with Crippen LogP contribution in [0.4, 0.5) is 0 Å². The molecule has 0 radical (unpaired) electrons. The SMILES string of the molecule is CC#C[C@H](O)[C@H](C)c1ccccc1. The smallest absolute Gasteiger partial charge is 0.121 e. The Morgan fingerprint density at radius 2 is 1.85 bits per heavy atom. The predicted molar refractivity (Wildman–Crippen MR) is 54.3 cm³/mol. The minimum atomic E-state index is -0.563. The fourth-order valence-corrected chi connectivity index (χ4v) is 1.21. The first-order valence-electron chi connectivity index (χ1n) is 4.41. The van der Waals surface area contributed by atoms with E-state index in [0.717, 1.165) is 5.56 Å². The van der Waals surface area contributed by atoms with E-state index in [4.69, 9.17) is 0 Å². The van der Waals surface area contributed by atoms with E-state index in [0.29, 0.717) is 0 Å². The van der Waals surface area contributed by atoms with Crippen LogP contribution in [0.5, 0.6) is 0 Å². The minimum Gasteiger partial charge on any atom is -0.380 e. The second-order valence-electron chi connectivity index (χ2n) is 3.04. The van der Waals surface area contributed by atoms with Gasteiger partial charge in [0.25, 0.3) is 0 Å². The molecule has 0 aliphatic rings. The molecular weight excluding hydrogens is 160 g/mol. The first-order chi connectivity index (χ1) is 6.25. The molecule has 1 aromatic rings. The lowest BCUT2D eigenvalue weighted by Gasteiger charge is -2.13. The molecule has 0 aromatic heterocycles. The van der Waals surface area contributed by atoms with Crippen LogP contribution < -0.4 is 0 Å². The molecular formula is C12H14O. The summed E-state index contributed by atoms with van der Waals surface area (Å²) in [7, 11) is 0. The molecule has 0 aliphatic carbocycles. The summed E-state index contributed by atoms with van der Waals surface area (Å²) in [5, 5.41) is 9.60. The van der Waals surface area contributed by atoms with Gasteiger partial charge in [-0.25, -0.2) is 0 Å². The van der Waals surface area contributed by atoms with Crippen LogP contribution in [-0.4, -0.2) is 11.2 Å². The Bertz CT molecular complexity index is 305. The van der Waals surface area contributed by atoms with Crippen molar-refractivity contribution < 1.29 is 5.11 Å². The predicted octanol–water partition coefficient (Wildman–Crippen LogP) is 2.17. The highest BCUT2D eigenvalue weighted by atomic mass is 16.3. The van der Waals surface area contributed by atoms with Crippen LogP contribution in [0.25, 0.3) is 0 Å². The van der Waals surface area contributed by atoms with Crippen molar-refractivity contribution in [2.45, 2.75) is 25.9 Å². The van der Waals surface area contributed by atoms with Gasteiger partial charge < -0.3 is 5.11 Å². The average molecular weight is 174 g/mol. The van der Waals surface area contributed by atoms with E-state index in [1.807, 2.05) is 37.3 Å². The molecule has 0 unspecified atom stereocenters. The molecule has 0 aliphatic heterocycles. The highest BCUT2D eigenvalue weighted by molar-refractivity contribution is 5.23. The van der Waals surface area contributed by atoms with Gasteiger partial charge >= 0.3 is 0 Å². The van der Waals surface area contributed by atoms with E-state index >= 15 is 0 Å². The van der Waals surface area contributed by atoms with Crippen LogP contribution in [0.15, 0.2) is 30.3 Å². The summed E-state index contributed by atoms with van der Waals surface area (Å²) in [4.78, 5) is 0. The number of hydrogen-bond acceptors (Lipinski definition) is 1. The van der Waals surface area contributed by atoms with Gasteiger partial charge in [0.2, 0.25) is 0 Å². The summed E-state index contributed by atoms with van der Waals surface area (Å²) in [6.45, 7) is 3.71. The molecule has 0 saturated heterocycles. The molecule has 1 rings (SSSR count). The Hall–Kier alpha value is -1.26. The van der Waals surface area contributed by atoms with Gasteiger partial charge in [-0.15, -0.1) is 5.92 Å². The van der Waals surface area contributed by atoms with Crippen molar-refractivity contribution in [3.63, 3.8) is 0 Å². The summed E-state index contributed by atoms with van der Waals surface area (Å²) in [5.41, 5.74) is 1.12. The van der Waals surface area contributed by atoms with Crippen molar-refractivity contribution in [3.8, 4) is 11.8 Å². The second-order valence-corrected chi connectivity index (χ2v) is 3.04. The van der Waals surface area contributed by atoms with E-state index in [2.05, 4.69) is 11.8 Å². The van der Waals surface area contributed by atoms with Gasteiger partial charge in [-0.1, -0.05) is 43.2 Å². The van der Waals surface area contributed by atoms with Gasteiger partial charge in [0.1, 0.15) is 6.10 Å². The Morgan fingerprint density at radius 3 is 2.38 bits per heavy atom. The number of benzene rings is 1. The Balaban J connectivity index is 2.77. The van der Waals surface area contributed by atoms with Crippen LogP contribution in [0.3, 0.4) is 0 Å². The summed E-state index contributed by atoms with van der Waals surface area (Å²) in [6, 6.07) is 9.92. The van der Waals surface area contributed by atoms with Crippen molar-refractivity contribution in [1.29, 1.82) is 0 Å². The Kier molecular flexibility index (Phi) is 3.54. The third-order valence-electron chi connectivity index (χ3n) is 2.09.